The van der Waals surface area contributed by atoms with Crippen LogP contribution in [0.5, 0.6) is 0 Å². The first-order chi connectivity index (χ1) is 9.77. The number of rotatable bonds is 5. The van der Waals surface area contributed by atoms with Crippen molar-refractivity contribution in [2.45, 2.75) is 25.7 Å². The number of amides is 2. The number of carbonyl (C=O) groups excluding carboxylic acids is 1. The van der Waals surface area contributed by atoms with Gasteiger partial charge in [-0.05, 0) is 37.8 Å². The second-order valence-corrected chi connectivity index (χ2v) is 5.39. The maximum Gasteiger partial charge on any atom is 0.317 e. The third-order valence-electron chi connectivity index (χ3n) is 3.79. The summed E-state index contributed by atoms with van der Waals surface area (Å²) in [6, 6.07) is 10.4. The molecule has 0 bridgehead atoms. The summed E-state index contributed by atoms with van der Waals surface area (Å²) in [6.45, 7) is 3.52. The molecule has 20 heavy (non-hydrogen) atoms. The van der Waals surface area contributed by atoms with Crippen LogP contribution < -0.4 is 10.2 Å². The van der Waals surface area contributed by atoms with Gasteiger partial charge in [-0.2, -0.15) is 0 Å². The number of hydrogen-bond acceptors (Lipinski definition) is 2. The Hall–Kier alpha value is -1.71. The maximum atomic E-state index is 11.9. The zero-order valence-corrected chi connectivity index (χ0v) is 12.3. The lowest BCUT2D eigenvalue weighted by Crippen LogP contribution is -2.43. The van der Waals surface area contributed by atoms with Crippen molar-refractivity contribution in [1.82, 2.24) is 10.2 Å². The third kappa shape index (κ3) is 4.44. The minimum Gasteiger partial charge on any atom is -0.375 e. The highest BCUT2D eigenvalue weighted by Gasteiger charge is 2.15. The number of anilines is 1. The molecule has 4 heteroatoms. The van der Waals surface area contributed by atoms with Crippen molar-refractivity contribution < 1.29 is 4.79 Å². The minimum absolute atomic E-state index is 0.104. The fraction of sp³-hybridized carbons (Fsp3) is 0.562. The first-order valence-corrected chi connectivity index (χ1v) is 7.56. The van der Waals surface area contributed by atoms with Gasteiger partial charge in [-0.15, -0.1) is 0 Å². The summed E-state index contributed by atoms with van der Waals surface area (Å²) < 4.78 is 0. The van der Waals surface area contributed by atoms with Gasteiger partial charge in [0.2, 0.25) is 0 Å². The molecule has 2 rings (SSSR count). The van der Waals surface area contributed by atoms with E-state index in [0.29, 0.717) is 0 Å². The highest BCUT2D eigenvalue weighted by atomic mass is 16.2. The molecule has 1 heterocycles. The first-order valence-electron chi connectivity index (χ1n) is 7.56. The zero-order chi connectivity index (χ0) is 14.2. The third-order valence-corrected chi connectivity index (χ3v) is 3.79. The van der Waals surface area contributed by atoms with E-state index in [0.717, 1.165) is 45.4 Å². The summed E-state index contributed by atoms with van der Waals surface area (Å²) in [5.74, 6) is 0. The van der Waals surface area contributed by atoms with E-state index in [2.05, 4.69) is 29.4 Å². The second kappa shape index (κ2) is 7.78. The Morgan fingerprint density at radius 1 is 1.20 bits per heavy atom. The standard InChI is InChI=1S/C16H25N3O/c1-18(15-9-4-2-5-10-15)12-8-11-17-16(20)19-13-6-3-7-14-19/h2,4-5,9-10H,3,6-8,11-14H2,1H3,(H,17,20). The fourth-order valence-corrected chi connectivity index (χ4v) is 2.53. The van der Waals surface area contributed by atoms with E-state index in [1.54, 1.807) is 0 Å². The molecule has 1 aliphatic heterocycles. The normalized spacial score (nSPS) is 14.9. The summed E-state index contributed by atoms with van der Waals surface area (Å²) in [5.41, 5.74) is 1.22. The Balaban J connectivity index is 1.62. The number of urea groups is 1. The maximum absolute atomic E-state index is 11.9. The van der Waals surface area contributed by atoms with Crippen molar-refractivity contribution >= 4 is 11.7 Å². The van der Waals surface area contributed by atoms with E-state index < -0.39 is 0 Å². The average molecular weight is 275 g/mol. The lowest BCUT2D eigenvalue weighted by molar-refractivity contribution is 0.186. The highest BCUT2D eigenvalue weighted by Crippen LogP contribution is 2.11. The van der Waals surface area contributed by atoms with Crippen LogP contribution in [0.15, 0.2) is 30.3 Å². The molecular weight excluding hydrogens is 250 g/mol. The van der Waals surface area contributed by atoms with E-state index in [1.807, 2.05) is 23.1 Å². The summed E-state index contributed by atoms with van der Waals surface area (Å²) in [4.78, 5) is 16.1. The molecule has 0 aromatic heterocycles. The number of para-hydroxylation sites is 1. The molecule has 1 aromatic carbocycles. The molecule has 2 amide bonds. The lowest BCUT2D eigenvalue weighted by atomic mass is 10.1. The Morgan fingerprint density at radius 2 is 1.90 bits per heavy atom. The van der Waals surface area contributed by atoms with Gasteiger partial charge in [-0.1, -0.05) is 18.2 Å². The molecule has 1 N–H and O–H groups in total. The molecule has 110 valence electrons. The van der Waals surface area contributed by atoms with Crippen molar-refractivity contribution in [1.29, 1.82) is 0 Å². The molecule has 0 unspecified atom stereocenters. The predicted octanol–water partition coefficient (Wildman–Crippen LogP) is 2.71. The summed E-state index contributed by atoms with van der Waals surface area (Å²) in [5, 5.41) is 3.02. The molecule has 0 atom stereocenters. The van der Waals surface area contributed by atoms with Gasteiger partial charge in [0.05, 0.1) is 0 Å². The number of likely N-dealkylation sites (tertiary alicyclic amines) is 1. The van der Waals surface area contributed by atoms with Gasteiger partial charge in [0, 0.05) is 38.9 Å². The monoisotopic (exact) mass is 275 g/mol. The number of piperidine rings is 1. The Bertz CT molecular complexity index is 401. The van der Waals surface area contributed by atoms with Crippen LogP contribution in [0.2, 0.25) is 0 Å². The molecule has 0 aliphatic carbocycles. The molecule has 4 nitrogen and oxygen atoms in total. The van der Waals surface area contributed by atoms with Crippen LogP contribution >= 0.6 is 0 Å². The smallest absolute Gasteiger partial charge is 0.317 e. The summed E-state index contributed by atoms with van der Waals surface area (Å²) in [6.07, 6.45) is 4.50. The van der Waals surface area contributed by atoms with Crippen LogP contribution in [-0.2, 0) is 0 Å². The molecule has 1 aromatic rings. The number of hydrogen-bond donors (Lipinski definition) is 1. The predicted molar refractivity (Wildman–Crippen MR) is 83.2 cm³/mol. The van der Waals surface area contributed by atoms with Gasteiger partial charge in [0.15, 0.2) is 0 Å². The van der Waals surface area contributed by atoms with Crippen LogP contribution in [0.4, 0.5) is 10.5 Å². The van der Waals surface area contributed by atoms with Crippen molar-refractivity contribution in [2.24, 2.45) is 0 Å². The van der Waals surface area contributed by atoms with Gasteiger partial charge >= 0.3 is 6.03 Å². The SMILES string of the molecule is CN(CCCNC(=O)N1CCCCC1)c1ccccc1. The molecule has 0 radical (unpaired) electrons. The second-order valence-electron chi connectivity index (χ2n) is 5.39. The fourth-order valence-electron chi connectivity index (χ4n) is 2.53. The number of benzene rings is 1. The number of nitrogens with zero attached hydrogens (tertiary/aromatic N) is 2. The van der Waals surface area contributed by atoms with Crippen LogP contribution in [0, 0.1) is 0 Å². The highest BCUT2D eigenvalue weighted by molar-refractivity contribution is 5.74. The largest absolute Gasteiger partial charge is 0.375 e. The van der Waals surface area contributed by atoms with E-state index >= 15 is 0 Å². The van der Waals surface area contributed by atoms with Gasteiger partial charge in [-0.3, -0.25) is 0 Å². The molecule has 1 saturated heterocycles. The summed E-state index contributed by atoms with van der Waals surface area (Å²) in [7, 11) is 2.09. The van der Waals surface area contributed by atoms with E-state index in [9.17, 15) is 4.79 Å². The quantitative estimate of drug-likeness (QED) is 0.839. The van der Waals surface area contributed by atoms with E-state index in [1.165, 1.54) is 12.1 Å². The zero-order valence-electron chi connectivity index (χ0n) is 12.3. The Morgan fingerprint density at radius 3 is 2.60 bits per heavy atom. The lowest BCUT2D eigenvalue weighted by Gasteiger charge is -2.27. The van der Waals surface area contributed by atoms with Gasteiger partial charge in [-0.25, -0.2) is 4.79 Å². The van der Waals surface area contributed by atoms with E-state index in [4.69, 9.17) is 0 Å². The van der Waals surface area contributed by atoms with Crippen molar-refractivity contribution in [2.75, 3.05) is 38.1 Å². The van der Waals surface area contributed by atoms with Gasteiger partial charge in [0.1, 0.15) is 0 Å². The first kappa shape index (κ1) is 14.7. The number of carbonyl (C=O) groups is 1. The van der Waals surface area contributed by atoms with Crippen molar-refractivity contribution in [3.05, 3.63) is 30.3 Å². The number of nitrogens with one attached hydrogen (secondary N) is 1. The topological polar surface area (TPSA) is 35.6 Å². The van der Waals surface area contributed by atoms with Crippen LogP contribution in [0.25, 0.3) is 0 Å². The van der Waals surface area contributed by atoms with Crippen molar-refractivity contribution in [3.8, 4) is 0 Å². The average Bonchev–Trinajstić information content (AvgIpc) is 2.53. The molecule has 0 saturated carbocycles. The van der Waals surface area contributed by atoms with Gasteiger partial charge < -0.3 is 15.1 Å². The summed E-state index contributed by atoms with van der Waals surface area (Å²) >= 11 is 0. The molecule has 0 spiro atoms. The molecule has 1 aliphatic rings. The Labute approximate surface area is 121 Å². The molecular formula is C16H25N3O. The van der Waals surface area contributed by atoms with Crippen LogP contribution in [-0.4, -0.2) is 44.2 Å². The van der Waals surface area contributed by atoms with Crippen molar-refractivity contribution in [3.63, 3.8) is 0 Å². The van der Waals surface area contributed by atoms with Gasteiger partial charge in [0.25, 0.3) is 0 Å². The van der Waals surface area contributed by atoms with Crippen LogP contribution in [0.1, 0.15) is 25.7 Å². The van der Waals surface area contributed by atoms with Crippen LogP contribution in [0.3, 0.4) is 0 Å². The Kier molecular flexibility index (Phi) is 5.71. The minimum atomic E-state index is 0.104. The van der Waals surface area contributed by atoms with E-state index in [-0.39, 0.29) is 6.03 Å². The molecule has 1 fully saturated rings.